The predicted molar refractivity (Wildman–Crippen MR) is 60.1 cm³/mol. The fraction of sp³-hybridized carbons (Fsp3) is 0. The molecule has 0 saturated heterocycles. The van der Waals surface area contributed by atoms with E-state index in [-0.39, 0.29) is 10.6 Å². The molecule has 8 heteroatoms. The monoisotopic (exact) mass is 249 g/mol. The lowest BCUT2D eigenvalue weighted by molar-refractivity contribution is 0.555. The van der Waals surface area contributed by atoms with E-state index in [1.54, 1.807) is 18.3 Å². The largest absolute Gasteiger partial charge is 0.295 e. The molecule has 0 radical (unpaired) electrons. The maximum Gasteiger partial charge on any atom is 0.246 e. The van der Waals surface area contributed by atoms with E-state index >= 15 is 0 Å². The van der Waals surface area contributed by atoms with Crippen molar-refractivity contribution in [1.29, 1.82) is 0 Å². The summed E-state index contributed by atoms with van der Waals surface area (Å²) in [6, 6.07) is 3.26. The van der Waals surface area contributed by atoms with Crippen LogP contribution in [-0.4, -0.2) is 29.3 Å². The molecule has 7 nitrogen and oxygen atoms in total. The standard InChI is InChI=1S/C9H7N5O2S/c15-17(16)8-7(2-1-3-11-8)12-9(13-17)14-5-4-10-6-14/h1-6H,(H,12,13,15,16). The number of fused-ring (bicyclic) bond motifs is 1. The van der Waals surface area contributed by atoms with E-state index in [9.17, 15) is 8.76 Å². The molecule has 0 saturated carbocycles. The lowest BCUT2D eigenvalue weighted by Gasteiger charge is -2.06. The summed E-state index contributed by atoms with van der Waals surface area (Å²) in [5.41, 5.74) is 0. The van der Waals surface area contributed by atoms with Crippen LogP contribution in [0.3, 0.4) is 0 Å². The first kappa shape index (κ1) is 10.1. The second kappa shape index (κ2) is 3.47. The van der Waals surface area contributed by atoms with E-state index in [2.05, 4.69) is 19.4 Å². The maximum absolute atomic E-state index is 11.9. The fourth-order valence-electron chi connectivity index (χ4n) is 1.44. The zero-order valence-corrected chi connectivity index (χ0v) is 9.28. The summed E-state index contributed by atoms with van der Waals surface area (Å²) in [4.78, 5) is 11.8. The van der Waals surface area contributed by atoms with Crippen molar-refractivity contribution in [3.8, 4) is 0 Å². The van der Waals surface area contributed by atoms with Gasteiger partial charge < -0.3 is 0 Å². The van der Waals surface area contributed by atoms with Gasteiger partial charge >= 0.3 is 0 Å². The molecule has 3 rings (SSSR count). The summed E-state index contributed by atoms with van der Waals surface area (Å²) in [6.07, 6.45) is 6.02. The third kappa shape index (κ3) is 1.63. The highest BCUT2D eigenvalue weighted by molar-refractivity contribution is 7.88. The van der Waals surface area contributed by atoms with Crippen LogP contribution in [0.1, 0.15) is 0 Å². The topological polar surface area (TPSA) is 92.7 Å². The Labute approximate surface area is 96.2 Å². The van der Waals surface area contributed by atoms with Gasteiger partial charge in [-0.05, 0) is 12.1 Å². The van der Waals surface area contributed by atoms with E-state index in [1.807, 2.05) is 0 Å². The number of aromatic nitrogens is 3. The average Bonchev–Trinajstić information content (AvgIpc) is 2.81. The Bertz CT molecular complexity index is 802. The van der Waals surface area contributed by atoms with Gasteiger partial charge in [0.2, 0.25) is 15.9 Å². The normalized spacial score (nSPS) is 22.5. The average molecular weight is 249 g/mol. The van der Waals surface area contributed by atoms with Crippen LogP contribution in [0.4, 0.5) is 0 Å². The van der Waals surface area contributed by atoms with Gasteiger partial charge in [0.15, 0.2) is 4.64 Å². The van der Waals surface area contributed by atoms with Gasteiger partial charge in [-0.25, -0.2) is 19.2 Å². The van der Waals surface area contributed by atoms with Crippen molar-refractivity contribution in [3.05, 3.63) is 47.0 Å². The minimum Gasteiger partial charge on any atom is -0.295 e. The first-order valence-corrected chi connectivity index (χ1v) is 6.16. The Balaban J connectivity index is 2.39. The van der Waals surface area contributed by atoms with Crippen molar-refractivity contribution in [1.82, 2.24) is 14.5 Å². The van der Waals surface area contributed by atoms with Gasteiger partial charge in [-0.15, -0.1) is 4.40 Å². The van der Waals surface area contributed by atoms with Crippen molar-refractivity contribution < 1.29 is 8.76 Å². The number of hydrogen-bond acceptors (Lipinski definition) is 4. The van der Waals surface area contributed by atoms with Crippen LogP contribution in [0, 0.1) is 4.64 Å². The number of nitrogens with zero attached hydrogens (tertiary/aromatic N) is 5. The van der Waals surface area contributed by atoms with Gasteiger partial charge in [0.25, 0.3) is 0 Å². The number of imidazole rings is 1. The van der Waals surface area contributed by atoms with Crippen LogP contribution in [0.25, 0.3) is 0 Å². The highest BCUT2D eigenvalue weighted by Gasteiger charge is 2.13. The molecule has 0 aliphatic carbocycles. The van der Waals surface area contributed by atoms with E-state index < -0.39 is 9.99 Å². The summed E-state index contributed by atoms with van der Waals surface area (Å²) in [5, 5.41) is 0.346. The first-order valence-electron chi connectivity index (χ1n) is 4.68. The zero-order chi connectivity index (χ0) is 11.9. The number of pyridine rings is 1. The predicted octanol–water partition coefficient (Wildman–Crippen LogP) is -0.261. The molecule has 86 valence electrons. The Hall–Kier alpha value is -2.06. The molecule has 0 fully saturated rings. The molecule has 1 aliphatic heterocycles. The fourth-order valence-corrected chi connectivity index (χ4v) is 2.46. The van der Waals surface area contributed by atoms with Gasteiger partial charge in [0, 0.05) is 18.6 Å². The smallest absolute Gasteiger partial charge is 0.246 e. The first-order chi connectivity index (χ1) is 8.17. The van der Waals surface area contributed by atoms with E-state index in [4.69, 9.17) is 0 Å². The third-order valence-corrected chi connectivity index (χ3v) is 3.39. The van der Waals surface area contributed by atoms with Crippen LogP contribution in [-0.2, 0) is 9.99 Å². The van der Waals surface area contributed by atoms with Crippen LogP contribution >= 0.6 is 0 Å². The molecule has 2 aromatic heterocycles. The van der Waals surface area contributed by atoms with Gasteiger partial charge in [0.05, 0.1) is 0 Å². The van der Waals surface area contributed by atoms with Crippen molar-refractivity contribution in [2.24, 2.45) is 9.39 Å². The molecule has 1 atom stereocenters. The molecule has 0 bridgehead atoms. The molecular formula is C9H7N5O2S. The van der Waals surface area contributed by atoms with Crippen molar-refractivity contribution in [3.63, 3.8) is 0 Å². The highest BCUT2D eigenvalue weighted by atomic mass is 32.2. The Morgan fingerprint density at radius 1 is 1.35 bits per heavy atom. The molecule has 1 N–H and O–H groups in total. The van der Waals surface area contributed by atoms with Crippen LogP contribution in [0.15, 0.2) is 46.4 Å². The van der Waals surface area contributed by atoms with Crippen LogP contribution < -0.4 is 5.36 Å². The molecule has 0 amide bonds. The molecule has 0 spiro atoms. The lowest BCUT2D eigenvalue weighted by atomic mass is 10.5. The third-order valence-electron chi connectivity index (χ3n) is 2.16. The zero-order valence-electron chi connectivity index (χ0n) is 8.46. The quantitative estimate of drug-likeness (QED) is 0.651. The number of rotatable bonds is 0. The van der Waals surface area contributed by atoms with Crippen molar-refractivity contribution in [2.45, 2.75) is 0 Å². The molecule has 1 aliphatic rings. The van der Waals surface area contributed by atoms with E-state index in [1.165, 1.54) is 23.3 Å². The van der Waals surface area contributed by atoms with Gasteiger partial charge in [-0.3, -0.25) is 9.12 Å². The summed E-state index contributed by atoms with van der Waals surface area (Å²) in [7, 11) is -3.53. The molecule has 1 unspecified atom stereocenters. The summed E-state index contributed by atoms with van der Waals surface area (Å²) in [6.45, 7) is 0. The highest BCUT2D eigenvalue weighted by Crippen LogP contribution is 2.01. The minimum absolute atomic E-state index is 0.0103. The molecule has 2 aromatic rings. The van der Waals surface area contributed by atoms with Crippen LogP contribution in [0.5, 0.6) is 0 Å². The van der Waals surface area contributed by atoms with Crippen molar-refractivity contribution in [2.75, 3.05) is 0 Å². The van der Waals surface area contributed by atoms with Gasteiger partial charge in [-0.2, -0.15) is 0 Å². The molecule has 0 aromatic carbocycles. The van der Waals surface area contributed by atoms with Gasteiger partial charge in [0.1, 0.15) is 11.7 Å². The second-order valence-electron chi connectivity index (χ2n) is 3.30. The van der Waals surface area contributed by atoms with E-state index in [0.29, 0.717) is 5.36 Å². The van der Waals surface area contributed by atoms with Gasteiger partial charge in [-0.1, -0.05) is 0 Å². The summed E-state index contributed by atoms with van der Waals surface area (Å²) < 4.78 is 26.9. The summed E-state index contributed by atoms with van der Waals surface area (Å²) in [5.74, 6) is 0.121. The maximum atomic E-state index is 11.9. The second-order valence-corrected chi connectivity index (χ2v) is 4.86. The molecular weight excluding hydrogens is 242 g/mol. The SMILES string of the molecule is O=S1(O)=c2ncccc2=NC(n2ccnc2)=N1. The van der Waals surface area contributed by atoms with Crippen molar-refractivity contribution >= 4 is 15.9 Å². The lowest BCUT2D eigenvalue weighted by Crippen LogP contribution is -2.23. The Morgan fingerprint density at radius 3 is 3.00 bits per heavy atom. The number of hydrogen-bond donors (Lipinski definition) is 1. The Kier molecular flexibility index (Phi) is 2.06. The molecule has 17 heavy (non-hydrogen) atoms. The Morgan fingerprint density at radius 2 is 2.24 bits per heavy atom. The molecule has 3 heterocycles. The summed E-state index contributed by atoms with van der Waals surface area (Å²) >= 11 is 0. The van der Waals surface area contributed by atoms with Crippen LogP contribution in [0.2, 0.25) is 0 Å². The minimum atomic E-state index is -3.53. The van der Waals surface area contributed by atoms with E-state index in [0.717, 1.165) is 0 Å².